The first-order valence-electron chi connectivity index (χ1n) is 11.1. The van der Waals surface area contributed by atoms with Crippen LogP contribution in [0.2, 0.25) is 0 Å². The molecule has 1 aliphatic carbocycles. The van der Waals surface area contributed by atoms with Gasteiger partial charge in [-0.2, -0.15) is 4.31 Å². The smallest absolute Gasteiger partial charge is 0.243 e. The maximum atomic E-state index is 13.2. The van der Waals surface area contributed by atoms with Crippen molar-refractivity contribution in [2.75, 3.05) is 32.8 Å². The van der Waals surface area contributed by atoms with Crippen molar-refractivity contribution in [3.8, 4) is 5.75 Å². The molecule has 6 nitrogen and oxygen atoms in total. The minimum Gasteiger partial charge on any atom is -0.492 e. The summed E-state index contributed by atoms with van der Waals surface area (Å²) in [5, 5.41) is 0. The molecule has 2 aliphatic heterocycles. The first-order chi connectivity index (χ1) is 15.0. The fraction of sp³-hybridized carbons (Fsp3) is 0.458. The fourth-order valence-corrected chi connectivity index (χ4v) is 6.39. The van der Waals surface area contributed by atoms with E-state index in [2.05, 4.69) is 0 Å². The third-order valence-electron chi connectivity index (χ3n) is 6.74. The van der Waals surface area contributed by atoms with E-state index < -0.39 is 10.0 Å². The lowest BCUT2D eigenvalue weighted by atomic mass is 9.92. The van der Waals surface area contributed by atoms with Gasteiger partial charge in [0.1, 0.15) is 12.4 Å². The Balaban J connectivity index is 1.23. The Labute approximate surface area is 183 Å². The van der Waals surface area contributed by atoms with Crippen LogP contribution < -0.4 is 4.74 Å². The molecule has 0 radical (unpaired) electrons. The number of fused-ring (bicyclic) bond motifs is 2. The third kappa shape index (κ3) is 3.96. The predicted octanol–water partition coefficient (Wildman–Crippen LogP) is 2.65. The van der Waals surface area contributed by atoms with Crippen LogP contribution in [0.4, 0.5) is 0 Å². The van der Waals surface area contributed by atoms with Gasteiger partial charge in [0.05, 0.1) is 10.8 Å². The van der Waals surface area contributed by atoms with Gasteiger partial charge in [-0.1, -0.05) is 24.3 Å². The Bertz CT molecular complexity index is 1090. The second-order valence-electron chi connectivity index (χ2n) is 8.69. The first-order valence-corrected chi connectivity index (χ1v) is 12.6. The number of amides is 1. The Hall–Kier alpha value is -2.38. The number of hydrogen-bond acceptors (Lipinski definition) is 4. The number of nitrogens with zero attached hydrogens (tertiary/aromatic N) is 2. The fourth-order valence-electron chi connectivity index (χ4n) is 4.91. The van der Waals surface area contributed by atoms with Gasteiger partial charge >= 0.3 is 0 Å². The van der Waals surface area contributed by atoms with E-state index >= 15 is 0 Å². The largest absolute Gasteiger partial charge is 0.492 e. The molecule has 1 amide bonds. The van der Waals surface area contributed by atoms with Gasteiger partial charge in [-0.05, 0) is 67.0 Å². The zero-order chi connectivity index (χ0) is 21.4. The molecule has 1 atom stereocenters. The molecule has 0 spiro atoms. The number of hydrogen-bond donors (Lipinski definition) is 0. The highest BCUT2D eigenvalue weighted by molar-refractivity contribution is 7.89. The van der Waals surface area contributed by atoms with E-state index in [-0.39, 0.29) is 11.8 Å². The van der Waals surface area contributed by atoms with Gasteiger partial charge in [0.25, 0.3) is 0 Å². The maximum Gasteiger partial charge on any atom is 0.243 e. The molecule has 0 aromatic heterocycles. The second-order valence-corrected chi connectivity index (χ2v) is 10.6. The maximum absolute atomic E-state index is 13.2. The van der Waals surface area contributed by atoms with Crippen LogP contribution in [0.5, 0.6) is 5.75 Å². The quantitative estimate of drug-likeness (QED) is 0.736. The average molecular weight is 441 g/mol. The highest BCUT2D eigenvalue weighted by atomic mass is 32.2. The van der Waals surface area contributed by atoms with Crippen molar-refractivity contribution in [3.05, 3.63) is 59.2 Å². The molecule has 31 heavy (non-hydrogen) atoms. The number of rotatable bonds is 3. The van der Waals surface area contributed by atoms with Gasteiger partial charge in [0, 0.05) is 26.2 Å². The van der Waals surface area contributed by atoms with Gasteiger partial charge < -0.3 is 9.64 Å². The molecule has 0 bridgehead atoms. The molecule has 7 heteroatoms. The molecule has 3 aliphatic rings. The van der Waals surface area contributed by atoms with Gasteiger partial charge in [0.2, 0.25) is 15.9 Å². The van der Waals surface area contributed by atoms with Crippen LogP contribution in [0.25, 0.3) is 0 Å². The number of carbonyl (C=O) groups excluding carboxylic acids is 1. The summed E-state index contributed by atoms with van der Waals surface area (Å²) in [6.45, 7) is 1.87. The number of aryl methyl sites for hydroxylation is 2. The first kappa shape index (κ1) is 20.5. The molecule has 2 aromatic carbocycles. The molecule has 0 saturated carbocycles. The number of ether oxygens (including phenoxy) is 1. The summed E-state index contributed by atoms with van der Waals surface area (Å²) in [5.41, 5.74) is 3.50. The van der Waals surface area contributed by atoms with E-state index in [1.165, 1.54) is 21.9 Å². The summed E-state index contributed by atoms with van der Waals surface area (Å²) >= 11 is 0. The zero-order valence-corrected chi connectivity index (χ0v) is 18.4. The normalized spacial score (nSPS) is 21.7. The lowest BCUT2D eigenvalue weighted by Crippen LogP contribution is -2.52. The third-order valence-corrected chi connectivity index (χ3v) is 8.63. The average Bonchev–Trinajstić information content (AvgIpc) is 2.83. The van der Waals surface area contributed by atoms with E-state index in [0.717, 1.165) is 30.6 Å². The molecule has 164 valence electrons. The van der Waals surface area contributed by atoms with Gasteiger partial charge in [0.15, 0.2) is 0 Å². The Morgan fingerprint density at radius 1 is 0.903 bits per heavy atom. The molecule has 1 saturated heterocycles. The van der Waals surface area contributed by atoms with Crippen LogP contribution in [-0.2, 0) is 34.1 Å². The number of para-hydroxylation sites is 1. The van der Waals surface area contributed by atoms with Crippen LogP contribution in [0.1, 0.15) is 29.5 Å². The van der Waals surface area contributed by atoms with E-state index in [0.29, 0.717) is 44.1 Å². The topological polar surface area (TPSA) is 66.9 Å². The predicted molar refractivity (Wildman–Crippen MR) is 118 cm³/mol. The number of carbonyl (C=O) groups is 1. The summed E-state index contributed by atoms with van der Waals surface area (Å²) in [6.07, 6.45) is 4.95. The van der Waals surface area contributed by atoms with Crippen molar-refractivity contribution in [3.63, 3.8) is 0 Å². The summed E-state index contributed by atoms with van der Waals surface area (Å²) in [5.74, 6) is 0.701. The van der Waals surface area contributed by atoms with Crippen LogP contribution in [0, 0.1) is 5.92 Å². The van der Waals surface area contributed by atoms with Crippen molar-refractivity contribution in [1.29, 1.82) is 0 Å². The molecular formula is C24H28N2O4S. The van der Waals surface area contributed by atoms with Crippen LogP contribution in [0.15, 0.2) is 47.4 Å². The Kier molecular flexibility index (Phi) is 5.48. The standard InChI is InChI=1S/C24H28N2O4S/c27-24(21-15-20-7-3-4-8-23(20)30-17-21)25-11-13-26(14-12-25)31(28,29)22-10-9-18-5-1-2-6-19(18)16-22/h3-4,7-10,16,21H,1-2,5-6,11-15,17H2. The summed E-state index contributed by atoms with van der Waals surface area (Å²) in [4.78, 5) is 15.2. The van der Waals surface area contributed by atoms with Crippen molar-refractivity contribution < 1.29 is 17.9 Å². The molecule has 0 N–H and O–H groups in total. The van der Waals surface area contributed by atoms with Gasteiger partial charge in [-0.25, -0.2) is 8.42 Å². The molecular weight excluding hydrogens is 412 g/mol. The monoisotopic (exact) mass is 440 g/mol. The van der Waals surface area contributed by atoms with Gasteiger partial charge in [-0.15, -0.1) is 0 Å². The number of piperazine rings is 1. The lowest BCUT2D eigenvalue weighted by molar-refractivity contribution is -0.138. The molecule has 1 fully saturated rings. The van der Waals surface area contributed by atoms with E-state index in [4.69, 9.17) is 4.74 Å². The SMILES string of the molecule is O=C(C1COc2ccccc2C1)N1CCN(S(=O)(=O)c2ccc3c(c2)CCCC3)CC1. The summed E-state index contributed by atoms with van der Waals surface area (Å²) < 4.78 is 33.7. The van der Waals surface area contributed by atoms with Crippen molar-refractivity contribution in [2.45, 2.75) is 37.0 Å². The van der Waals surface area contributed by atoms with Gasteiger partial charge in [-0.3, -0.25) is 4.79 Å². The highest BCUT2D eigenvalue weighted by Gasteiger charge is 2.34. The minimum atomic E-state index is -3.54. The van der Waals surface area contributed by atoms with Crippen LogP contribution in [0.3, 0.4) is 0 Å². The van der Waals surface area contributed by atoms with Crippen molar-refractivity contribution >= 4 is 15.9 Å². The minimum absolute atomic E-state index is 0.0559. The molecule has 5 rings (SSSR count). The number of sulfonamides is 1. The van der Waals surface area contributed by atoms with E-state index in [1.807, 2.05) is 36.4 Å². The summed E-state index contributed by atoms with van der Waals surface area (Å²) in [7, 11) is -3.54. The van der Waals surface area contributed by atoms with Crippen LogP contribution >= 0.6 is 0 Å². The molecule has 1 unspecified atom stereocenters. The lowest BCUT2D eigenvalue weighted by Gasteiger charge is -2.36. The molecule has 2 heterocycles. The second kappa shape index (κ2) is 8.28. The highest BCUT2D eigenvalue weighted by Crippen LogP contribution is 2.29. The number of benzene rings is 2. The zero-order valence-electron chi connectivity index (χ0n) is 17.6. The van der Waals surface area contributed by atoms with E-state index in [9.17, 15) is 13.2 Å². The molecule has 2 aromatic rings. The van der Waals surface area contributed by atoms with E-state index in [1.54, 1.807) is 11.0 Å². The Morgan fingerprint density at radius 3 is 2.45 bits per heavy atom. The summed E-state index contributed by atoms with van der Waals surface area (Å²) in [6, 6.07) is 13.4. The van der Waals surface area contributed by atoms with Crippen molar-refractivity contribution in [1.82, 2.24) is 9.21 Å². The van der Waals surface area contributed by atoms with Crippen LogP contribution in [-0.4, -0.2) is 56.3 Å². The Morgan fingerprint density at radius 2 is 1.65 bits per heavy atom. The van der Waals surface area contributed by atoms with Crippen molar-refractivity contribution in [2.24, 2.45) is 5.92 Å².